The standard InChI is InChI=1S/C6H9NO2/c8-6(9)5-4-1-3(4)2-7-5/h3-5,7H,1-2H2,(H,8,9)/t3-,4?,5+/m1/s1. The van der Waals surface area contributed by atoms with Crippen LogP contribution in [0.15, 0.2) is 0 Å². The maximum atomic E-state index is 10.4. The van der Waals surface area contributed by atoms with Crippen molar-refractivity contribution < 1.29 is 9.90 Å². The molecule has 2 rings (SSSR count). The Kier molecular flexibility index (Phi) is 0.858. The Labute approximate surface area is 53.1 Å². The summed E-state index contributed by atoms with van der Waals surface area (Å²) in [6.07, 6.45) is 1.13. The van der Waals surface area contributed by atoms with Crippen molar-refractivity contribution in [2.24, 2.45) is 11.8 Å². The summed E-state index contributed by atoms with van der Waals surface area (Å²) in [6, 6.07) is -0.227. The zero-order chi connectivity index (χ0) is 6.43. The van der Waals surface area contributed by atoms with Crippen molar-refractivity contribution in [1.29, 1.82) is 0 Å². The summed E-state index contributed by atoms with van der Waals surface area (Å²) in [4.78, 5) is 10.4. The fraction of sp³-hybridized carbons (Fsp3) is 0.833. The number of carboxylic acids is 1. The lowest BCUT2D eigenvalue weighted by Crippen LogP contribution is -2.34. The molecule has 0 amide bonds. The summed E-state index contributed by atoms with van der Waals surface area (Å²) >= 11 is 0. The molecule has 3 atom stereocenters. The van der Waals surface area contributed by atoms with Crippen LogP contribution in [0.2, 0.25) is 0 Å². The molecule has 1 saturated heterocycles. The van der Waals surface area contributed by atoms with Crippen LogP contribution in [0.1, 0.15) is 6.42 Å². The molecule has 0 aromatic carbocycles. The molecule has 2 fully saturated rings. The number of fused-ring (bicyclic) bond motifs is 1. The van der Waals surface area contributed by atoms with Crippen LogP contribution in [0, 0.1) is 11.8 Å². The third kappa shape index (κ3) is 0.645. The quantitative estimate of drug-likeness (QED) is 0.507. The van der Waals surface area contributed by atoms with E-state index < -0.39 is 5.97 Å². The van der Waals surface area contributed by atoms with Crippen molar-refractivity contribution in [1.82, 2.24) is 5.32 Å². The molecule has 1 aliphatic heterocycles. The van der Waals surface area contributed by atoms with Crippen LogP contribution in [0.25, 0.3) is 0 Å². The van der Waals surface area contributed by atoms with Crippen molar-refractivity contribution in [2.75, 3.05) is 6.54 Å². The Balaban J connectivity index is 2.06. The monoisotopic (exact) mass is 127 g/mol. The van der Waals surface area contributed by atoms with Crippen molar-refractivity contribution in [3.05, 3.63) is 0 Å². The second kappa shape index (κ2) is 1.48. The van der Waals surface area contributed by atoms with Crippen LogP contribution < -0.4 is 5.32 Å². The molecule has 1 heterocycles. The number of piperidine rings is 1. The third-order valence-electron chi connectivity index (χ3n) is 2.27. The molecule has 3 heteroatoms. The first-order valence-electron chi connectivity index (χ1n) is 3.25. The Hall–Kier alpha value is -0.570. The number of nitrogens with one attached hydrogen (secondary N) is 1. The molecule has 2 aliphatic rings. The Morgan fingerprint density at radius 3 is 2.67 bits per heavy atom. The molecule has 1 saturated carbocycles. The molecule has 0 aromatic rings. The molecule has 9 heavy (non-hydrogen) atoms. The summed E-state index contributed by atoms with van der Waals surface area (Å²) < 4.78 is 0. The second-order valence-corrected chi connectivity index (χ2v) is 2.88. The van der Waals surface area contributed by atoms with Gasteiger partial charge in [0.15, 0.2) is 0 Å². The van der Waals surface area contributed by atoms with Gasteiger partial charge in [0, 0.05) is 0 Å². The minimum atomic E-state index is -0.681. The average molecular weight is 127 g/mol. The maximum absolute atomic E-state index is 10.4. The summed E-state index contributed by atoms with van der Waals surface area (Å²) in [5.41, 5.74) is 0. The lowest BCUT2D eigenvalue weighted by atomic mass is 10.2. The smallest absolute Gasteiger partial charge is 0.320 e. The molecule has 3 nitrogen and oxygen atoms in total. The van der Waals surface area contributed by atoms with E-state index in [-0.39, 0.29) is 6.04 Å². The van der Waals surface area contributed by atoms with Crippen LogP contribution in [0.5, 0.6) is 0 Å². The van der Waals surface area contributed by atoms with Gasteiger partial charge in [0.2, 0.25) is 0 Å². The van der Waals surface area contributed by atoms with E-state index in [0.29, 0.717) is 11.8 Å². The predicted octanol–water partition coefficient (Wildman–Crippen LogP) is -0.321. The van der Waals surface area contributed by atoms with Crippen LogP contribution in [0.3, 0.4) is 0 Å². The molecule has 0 aromatic heterocycles. The number of hydrogen-bond donors (Lipinski definition) is 2. The van der Waals surface area contributed by atoms with Crippen LogP contribution >= 0.6 is 0 Å². The third-order valence-corrected chi connectivity index (χ3v) is 2.27. The van der Waals surface area contributed by atoms with Gasteiger partial charge >= 0.3 is 5.97 Å². The van der Waals surface area contributed by atoms with E-state index in [1.165, 1.54) is 0 Å². The fourth-order valence-corrected chi connectivity index (χ4v) is 1.61. The van der Waals surface area contributed by atoms with Crippen LogP contribution in [-0.4, -0.2) is 23.7 Å². The van der Waals surface area contributed by atoms with Gasteiger partial charge in [-0.05, 0) is 24.8 Å². The molecule has 50 valence electrons. The number of hydrogen-bond acceptors (Lipinski definition) is 2. The summed E-state index contributed by atoms with van der Waals surface area (Å²) in [5.74, 6) is 0.466. The van der Waals surface area contributed by atoms with Crippen molar-refractivity contribution in [2.45, 2.75) is 12.5 Å². The van der Waals surface area contributed by atoms with E-state index in [0.717, 1.165) is 13.0 Å². The largest absolute Gasteiger partial charge is 0.480 e. The van der Waals surface area contributed by atoms with E-state index in [1.54, 1.807) is 0 Å². The van der Waals surface area contributed by atoms with E-state index >= 15 is 0 Å². The summed E-state index contributed by atoms with van der Waals surface area (Å²) in [5, 5.41) is 11.5. The highest BCUT2D eigenvalue weighted by Gasteiger charge is 2.51. The highest BCUT2D eigenvalue weighted by atomic mass is 16.4. The first-order chi connectivity index (χ1) is 4.29. The van der Waals surface area contributed by atoms with Gasteiger partial charge in [0.25, 0.3) is 0 Å². The predicted molar refractivity (Wildman–Crippen MR) is 31.0 cm³/mol. The lowest BCUT2D eigenvalue weighted by Gasteiger charge is -2.04. The second-order valence-electron chi connectivity index (χ2n) is 2.88. The zero-order valence-corrected chi connectivity index (χ0v) is 5.00. The van der Waals surface area contributed by atoms with Gasteiger partial charge < -0.3 is 10.4 Å². The fourth-order valence-electron chi connectivity index (χ4n) is 1.61. The number of aliphatic carboxylic acids is 1. The number of rotatable bonds is 1. The first-order valence-corrected chi connectivity index (χ1v) is 3.25. The Morgan fingerprint density at radius 2 is 2.44 bits per heavy atom. The van der Waals surface area contributed by atoms with Gasteiger partial charge in [-0.15, -0.1) is 0 Å². The lowest BCUT2D eigenvalue weighted by molar-refractivity contribution is -0.139. The van der Waals surface area contributed by atoms with Gasteiger partial charge in [-0.25, -0.2) is 0 Å². The zero-order valence-electron chi connectivity index (χ0n) is 5.00. The number of carboxylic acid groups (broad SMARTS) is 1. The maximum Gasteiger partial charge on any atom is 0.320 e. The highest BCUT2D eigenvalue weighted by Crippen LogP contribution is 2.44. The van der Waals surface area contributed by atoms with E-state index in [1.807, 2.05) is 0 Å². The Bertz CT molecular complexity index is 157. The molecule has 1 aliphatic carbocycles. The molecule has 2 N–H and O–H groups in total. The Morgan fingerprint density at radius 1 is 1.67 bits per heavy atom. The topological polar surface area (TPSA) is 49.3 Å². The number of carbonyl (C=O) groups is 1. The van der Waals surface area contributed by atoms with Gasteiger partial charge in [-0.1, -0.05) is 0 Å². The SMILES string of the molecule is O=C(O)[C@H]1NC[C@H]2CC21. The van der Waals surface area contributed by atoms with Crippen molar-refractivity contribution in [3.8, 4) is 0 Å². The first kappa shape index (κ1) is 5.23. The van der Waals surface area contributed by atoms with E-state index in [4.69, 9.17) is 5.11 Å². The highest BCUT2D eigenvalue weighted by molar-refractivity contribution is 5.75. The molecule has 0 bridgehead atoms. The van der Waals surface area contributed by atoms with Gasteiger partial charge in [0.1, 0.15) is 6.04 Å². The summed E-state index contributed by atoms with van der Waals surface area (Å²) in [6.45, 7) is 0.918. The average Bonchev–Trinajstić information content (AvgIpc) is 2.43. The molecular weight excluding hydrogens is 118 g/mol. The van der Waals surface area contributed by atoms with Gasteiger partial charge in [-0.3, -0.25) is 4.79 Å². The van der Waals surface area contributed by atoms with Gasteiger partial charge in [0.05, 0.1) is 0 Å². The minimum Gasteiger partial charge on any atom is -0.480 e. The summed E-state index contributed by atoms with van der Waals surface area (Å²) in [7, 11) is 0. The van der Waals surface area contributed by atoms with Crippen molar-refractivity contribution >= 4 is 5.97 Å². The van der Waals surface area contributed by atoms with Crippen LogP contribution in [0.4, 0.5) is 0 Å². The molecule has 0 spiro atoms. The molecule has 0 radical (unpaired) electrons. The van der Waals surface area contributed by atoms with E-state index in [9.17, 15) is 4.79 Å². The minimum absolute atomic E-state index is 0.227. The van der Waals surface area contributed by atoms with Crippen molar-refractivity contribution in [3.63, 3.8) is 0 Å². The van der Waals surface area contributed by atoms with Gasteiger partial charge in [-0.2, -0.15) is 0 Å². The van der Waals surface area contributed by atoms with E-state index in [2.05, 4.69) is 5.32 Å². The molecule has 1 unspecified atom stereocenters. The van der Waals surface area contributed by atoms with Crippen LogP contribution in [-0.2, 0) is 4.79 Å². The molecular formula is C6H9NO2. The normalized spacial score (nSPS) is 46.4.